The molecular formula is C20H33N7. The first-order chi connectivity index (χ1) is 13.0. The van der Waals surface area contributed by atoms with Crippen LogP contribution in [0.3, 0.4) is 0 Å². The first-order valence-corrected chi connectivity index (χ1v) is 9.89. The minimum atomic E-state index is 0.513. The van der Waals surface area contributed by atoms with Crippen molar-refractivity contribution in [1.29, 1.82) is 0 Å². The number of hydrogen-bond acceptors (Lipinski definition) is 6. The molecule has 0 spiro atoms. The van der Waals surface area contributed by atoms with Crippen molar-refractivity contribution < 1.29 is 0 Å². The highest BCUT2D eigenvalue weighted by molar-refractivity contribution is 5.37. The molecule has 0 bridgehead atoms. The van der Waals surface area contributed by atoms with Gasteiger partial charge in [0.1, 0.15) is 17.5 Å². The number of rotatable bonds is 7. The molecule has 2 aromatic rings. The predicted molar refractivity (Wildman–Crippen MR) is 109 cm³/mol. The van der Waals surface area contributed by atoms with Crippen LogP contribution in [0, 0.1) is 0 Å². The Labute approximate surface area is 163 Å². The van der Waals surface area contributed by atoms with E-state index in [2.05, 4.69) is 62.7 Å². The first-order valence-electron chi connectivity index (χ1n) is 9.89. The highest BCUT2D eigenvalue weighted by Gasteiger charge is 2.26. The SMILES string of the molecule is CCn1c(CN(C)C)nnc1C1CCN(Cc2ccc(N(C)C)nc2)CC1. The summed E-state index contributed by atoms with van der Waals surface area (Å²) in [5.41, 5.74) is 1.28. The number of anilines is 1. The van der Waals surface area contributed by atoms with Crippen LogP contribution in [0.1, 0.15) is 42.9 Å². The lowest BCUT2D eigenvalue weighted by molar-refractivity contribution is 0.199. The van der Waals surface area contributed by atoms with E-state index in [-0.39, 0.29) is 0 Å². The fourth-order valence-electron chi connectivity index (χ4n) is 3.78. The molecule has 0 radical (unpaired) electrons. The maximum absolute atomic E-state index is 4.55. The Morgan fingerprint density at radius 2 is 1.81 bits per heavy atom. The van der Waals surface area contributed by atoms with E-state index >= 15 is 0 Å². The van der Waals surface area contributed by atoms with Crippen molar-refractivity contribution in [2.45, 2.75) is 45.3 Å². The summed E-state index contributed by atoms with van der Waals surface area (Å²) in [6.07, 6.45) is 4.29. The van der Waals surface area contributed by atoms with Gasteiger partial charge >= 0.3 is 0 Å². The molecular weight excluding hydrogens is 338 g/mol. The Morgan fingerprint density at radius 3 is 2.37 bits per heavy atom. The topological polar surface area (TPSA) is 53.3 Å². The molecule has 0 saturated carbocycles. The van der Waals surface area contributed by atoms with Gasteiger partial charge in [-0.05, 0) is 58.6 Å². The van der Waals surface area contributed by atoms with Crippen LogP contribution >= 0.6 is 0 Å². The zero-order chi connectivity index (χ0) is 19.4. The van der Waals surface area contributed by atoms with Crippen LogP contribution in [0.25, 0.3) is 0 Å². The zero-order valence-corrected chi connectivity index (χ0v) is 17.4. The number of aromatic nitrogens is 4. The molecule has 0 amide bonds. The lowest BCUT2D eigenvalue weighted by Gasteiger charge is -2.31. The van der Waals surface area contributed by atoms with Gasteiger partial charge in [0.25, 0.3) is 0 Å². The molecule has 2 aromatic heterocycles. The molecule has 3 rings (SSSR count). The number of pyridine rings is 1. The van der Waals surface area contributed by atoms with Gasteiger partial charge in [-0.25, -0.2) is 4.98 Å². The Hall–Kier alpha value is -1.99. The first kappa shape index (κ1) is 19.8. The third-order valence-electron chi connectivity index (χ3n) is 5.26. The second kappa shape index (κ2) is 8.80. The minimum Gasteiger partial charge on any atom is -0.363 e. The van der Waals surface area contributed by atoms with Crippen LogP contribution in [0.15, 0.2) is 18.3 Å². The van der Waals surface area contributed by atoms with Gasteiger partial charge in [-0.15, -0.1) is 10.2 Å². The Morgan fingerprint density at radius 1 is 1.07 bits per heavy atom. The third-order valence-corrected chi connectivity index (χ3v) is 5.26. The molecule has 0 aromatic carbocycles. The van der Waals surface area contributed by atoms with Crippen LogP contribution in [0.4, 0.5) is 5.82 Å². The van der Waals surface area contributed by atoms with Gasteiger partial charge in [0.05, 0.1) is 6.54 Å². The normalized spacial score (nSPS) is 16.2. The second-order valence-corrected chi connectivity index (χ2v) is 7.93. The Bertz CT molecular complexity index is 712. The fourth-order valence-corrected chi connectivity index (χ4v) is 3.78. The quantitative estimate of drug-likeness (QED) is 0.744. The van der Waals surface area contributed by atoms with Crippen LogP contribution in [-0.2, 0) is 19.6 Å². The van der Waals surface area contributed by atoms with Gasteiger partial charge in [0.2, 0.25) is 0 Å². The van der Waals surface area contributed by atoms with Gasteiger partial charge in [-0.2, -0.15) is 0 Å². The molecule has 27 heavy (non-hydrogen) atoms. The van der Waals surface area contributed by atoms with Gasteiger partial charge in [-0.3, -0.25) is 4.90 Å². The van der Waals surface area contributed by atoms with Crippen LogP contribution in [-0.4, -0.2) is 70.8 Å². The predicted octanol–water partition coefficient (Wildman–Crippen LogP) is 2.20. The molecule has 3 heterocycles. The number of hydrogen-bond donors (Lipinski definition) is 0. The van der Waals surface area contributed by atoms with E-state index in [0.29, 0.717) is 5.92 Å². The van der Waals surface area contributed by atoms with Crippen molar-refractivity contribution in [3.63, 3.8) is 0 Å². The Kier molecular flexibility index (Phi) is 6.44. The summed E-state index contributed by atoms with van der Waals surface area (Å²) in [6, 6.07) is 4.29. The number of likely N-dealkylation sites (tertiary alicyclic amines) is 1. The third kappa shape index (κ3) is 4.84. The van der Waals surface area contributed by atoms with E-state index in [1.807, 2.05) is 25.2 Å². The molecule has 0 atom stereocenters. The van der Waals surface area contributed by atoms with Crippen LogP contribution in [0.5, 0.6) is 0 Å². The van der Waals surface area contributed by atoms with Crippen molar-refractivity contribution in [2.75, 3.05) is 46.2 Å². The summed E-state index contributed by atoms with van der Waals surface area (Å²) in [5, 5.41) is 9.01. The summed E-state index contributed by atoms with van der Waals surface area (Å²) >= 11 is 0. The van der Waals surface area contributed by atoms with Gasteiger partial charge < -0.3 is 14.4 Å². The lowest BCUT2D eigenvalue weighted by Crippen LogP contribution is -2.33. The monoisotopic (exact) mass is 371 g/mol. The van der Waals surface area contributed by atoms with E-state index in [9.17, 15) is 0 Å². The smallest absolute Gasteiger partial charge is 0.147 e. The largest absolute Gasteiger partial charge is 0.363 e. The summed E-state index contributed by atoms with van der Waals surface area (Å²) in [7, 11) is 8.19. The average molecular weight is 372 g/mol. The number of nitrogens with zero attached hydrogens (tertiary/aromatic N) is 7. The summed E-state index contributed by atoms with van der Waals surface area (Å²) in [5.74, 6) is 3.77. The molecule has 0 aliphatic carbocycles. The van der Waals surface area contributed by atoms with Gasteiger partial charge in [0, 0.05) is 39.3 Å². The second-order valence-electron chi connectivity index (χ2n) is 7.93. The molecule has 148 valence electrons. The van der Waals surface area contributed by atoms with Crippen molar-refractivity contribution in [1.82, 2.24) is 29.5 Å². The van der Waals surface area contributed by atoms with E-state index in [1.54, 1.807) is 0 Å². The molecule has 1 aliphatic heterocycles. The summed E-state index contributed by atoms with van der Waals surface area (Å²) in [6.45, 7) is 7.13. The number of piperidine rings is 1. The molecule has 1 fully saturated rings. The van der Waals surface area contributed by atoms with E-state index in [0.717, 1.165) is 57.2 Å². The highest BCUT2D eigenvalue weighted by Crippen LogP contribution is 2.28. The van der Waals surface area contributed by atoms with Gasteiger partial charge in [0.15, 0.2) is 0 Å². The van der Waals surface area contributed by atoms with Crippen molar-refractivity contribution in [3.8, 4) is 0 Å². The van der Waals surface area contributed by atoms with Crippen molar-refractivity contribution in [3.05, 3.63) is 35.5 Å². The molecule has 7 heteroatoms. The molecule has 0 N–H and O–H groups in total. The van der Waals surface area contributed by atoms with E-state index in [4.69, 9.17) is 0 Å². The van der Waals surface area contributed by atoms with E-state index < -0.39 is 0 Å². The van der Waals surface area contributed by atoms with Gasteiger partial charge in [-0.1, -0.05) is 6.07 Å². The van der Waals surface area contributed by atoms with Crippen molar-refractivity contribution in [2.24, 2.45) is 0 Å². The maximum Gasteiger partial charge on any atom is 0.147 e. The summed E-state index contributed by atoms with van der Waals surface area (Å²) in [4.78, 5) is 11.2. The Balaban J connectivity index is 1.58. The molecule has 1 saturated heterocycles. The lowest BCUT2D eigenvalue weighted by atomic mass is 9.95. The fraction of sp³-hybridized carbons (Fsp3) is 0.650. The minimum absolute atomic E-state index is 0.513. The maximum atomic E-state index is 4.55. The molecule has 7 nitrogen and oxygen atoms in total. The summed E-state index contributed by atoms with van der Waals surface area (Å²) < 4.78 is 2.31. The van der Waals surface area contributed by atoms with E-state index in [1.165, 1.54) is 11.4 Å². The van der Waals surface area contributed by atoms with Crippen LogP contribution in [0.2, 0.25) is 0 Å². The molecule has 1 aliphatic rings. The van der Waals surface area contributed by atoms with Crippen LogP contribution < -0.4 is 4.90 Å². The zero-order valence-electron chi connectivity index (χ0n) is 17.4. The standard InChI is InChI=1S/C20H33N7/c1-6-27-19(15-24(2)3)22-23-20(27)17-9-11-26(12-10-17)14-16-7-8-18(21-13-16)25(4)5/h7-8,13,17H,6,9-12,14-15H2,1-5H3. The average Bonchev–Trinajstić information content (AvgIpc) is 3.04. The highest BCUT2D eigenvalue weighted by atomic mass is 15.3. The molecule has 0 unspecified atom stereocenters. The van der Waals surface area contributed by atoms with Crippen molar-refractivity contribution >= 4 is 5.82 Å².